The summed E-state index contributed by atoms with van der Waals surface area (Å²) in [7, 11) is 0. The minimum atomic E-state index is -0.292. The summed E-state index contributed by atoms with van der Waals surface area (Å²) < 4.78 is 0. The second-order valence-electron chi connectivity index (χ2n) is 4.06. The van der Waals surface area contributed by atoms with Crippen molar-refractivity contribution in [3.05, 3.63) is 42.0 Å². The maximum Gasteiger partial charge on any atom is 0.292 e. The van der Waals surface area contributed by atoms with Crippen molar-refractivity contribution in [2.75, 3.05) is 5.32 Å². The van der Waals surface area contributed by atoms with Gasteiger partial charge in [-0.1, -0.05) is 26.0 Å². The molecule has 1 heterocycles. The van der Waals surface area contributed by atoms with E-state index in [1.807, 2.05) is 24.3 Å². The van der Waals surface area contributed by atoms with Gasteiger partial charge in [0, 0.05) is 5.69 Å². The lowest BCUT2D eigenvalue weighted by Crippen LogP contribution is -2.13. The van der Waals surface area contributed by atoms with Crippen LogP contribution in [0.3, 0.4) is 0 Å². The van der Waals surface area contributed by atoms with E-state index in [9.17, 15) is 4.79 Å². The second-order valence-corrected chi connectivity index (χ2v) is 4.06. The van der Waals surface area contributed by atoms with Gasteiger partial charge in [-0.2, -0.15) is 5.10 Å². The topological polar surface area (TPSA) is 70.7 Å². The molecule has 0 fully saturated rings. The number of anilines is 1. The molecule has 2 rings (SSSR count). The lowest BCUT2D eigenvalue weighted by atomic mass is 10.0. The number of aromatic amines is 1. The minimum Gasteiger partial charge on any atom is -0.319 e. The highest BCUT2D eigenvalue weighted by atomic mass is 16.2. The van der Waals surface area contributed by atoms with Crippen LogP contribution in [0, 0.1) is 0 Å². The van der Waals surface area contributed by atoms with Crippen LogP contribution in [-0.2, 0) is 0 Å². The molecule has 2 N–H and O–H groups in total. The largest absolute Gasteiger partial charge is 0.319 e. The summed E-state index contributed by atoms with van der Waals surface area (Å²) in [6, 6.07) is 7.76. The maximum absolute atomic E-state index is 11.6. The zero-order valence-electron chi connectivity index (χ0n) is 9.77. The Hall–Kier alpha value is -2.17. The summed E-state index contributed by atoms with van der Waals surface area (Å²) in [5.41, 5.74) is 1.98. The van der Waals surface area contributed by atoms with Crippen LogP contribution in [0.5, 0.6) is 0 Å². The van der Waals surface area contributed by atoms with Crippen LogP contribution in [0.25, 0.3) is 0 Å². The highest BCUT2D eigenvalue weighted by Gasteiger charge is 2.08. The van der Waals surface area contributed by atoms with Crippen molar-refractivity contribution >= 4 is 11.6 Å². The van der Waals surface area contributed by atoms with E-state index in [0.29, 0.717) is 5.92 Å². The lowest BCUT2D eigenvalue weighted by molar-refractivity contribution is 0.101. The quantitative estimate of drug-likeness (QED) is 0.849. The Labute approximate surface area is 99.3 Å². The van der Waals surface area contributed by atoms with Crippen LogP contribution in [0.4, 0.5) is 5.69 Å². The molecule has 1 aromatic carbocycles. The van der Waals surface area contributed by atoms with E-state index in [0.717, 1.165) is 5.69 Å². The monoisotopic (exact) mass is 230 g/mol. The molecule has 5 heteroatoms. The molecule has 0 unspecified atom stereocenters. The van der Waals surface area contributed by atoms with Gasteiger partial charge in [-0.25, -0.2) is 4.98 Å². The van der Waals surface area contributed by atoms with Crippen molar-refractivity contribution in [1.29, 1.82) is 0 Å². The highest BCUT2D eigenvalue weighted by molar-refractivity contribution is 6.01. The van der Waals surface area contributed by atoms with Crippen molar-refractivity contribution in [2.45, 2.75) is 19.8 Å². The molecule has 0 radical (unpaired) electrons. The average Bonchev–Trinajstić information content (AvgIpc) is 2.83. The highest BCUT2D eigenvalue weighted by Crippen LogP contribution is 2.17. The summed E-state index contributed by atoms with van der Waals surface area (Å²) in [5, 5.41) is 8.88. The zero-order chi connectivity index (χ0) is 12.3. The summed E-state index contributed by atoms with van der Waals surface area (Å²) in [6.45, 7) is 4.25. The summed E-state index contributed by atoms with van der Waals surface area (Å²) in [6.07, 6.45) is 1.30. The fraction of sp³-hybridized carbons (Fsp3) is 0.250. The molecular formula is C12H14N4O. The normalized spacial score (nSPS) is 10.5. The number of carbonyl (C=O) groups excluding carboxylic acids is 1. The zero-order valence-corrected chi connectivity index (χ0v) is 9.77. The Morgan fingerprint density at radius 3 is 2.53 bits per heavy atom. The number of carbonyl (C=O) groups is 1. The molecule has 88 valence electrons. The standard InChI is InChI=1S/C12H14N4O/c1-8(2)9-3-5-10(6-4-9)15-12(17)11-13-7-14-16-11/h3-8H,1-2H3,(H,15,17)(H,13,14,16). The van der Waals surface area contributed by atoms with Gasteiger partial charge in [-0.3, -0.25) is 9.89 Å². The van der Waals surface area contributed by atoms with Gasteiger partial charge in [0.05, 0.1) is 0 Å². The molecule has 1 aromatic heterocycles. The van der Waals surface area contributed by atoms with E-state index in [1.54, 1.807) is 0 Å². The van der Waals surface area contributed by atoms with E-state index >= 15 is 0 Å². The molecule has 1 amide bonds. The van der Waals surface area contributed by atoms with Gasteiger partial charge in [0.15, 0.2) is 0 Å². The van der Waals surface area contributed by atoms with Crippen LogP contribution >= 0.6 is 0 Å². The molecular weight excluding hydrogens is 216 g/mol. The molecule has 0 aliphatic heterocycles. The SMILES string of the molecule is CC(C)c1ccc(NC(=O)c2ncn[nH]2)cc1. The fourth-order valence-electron chi connectivity index (χ4n) is 1.46. The summed E-state index contributed by atoms with van der Waals surface area (Å²) >= 11 is 0. The molecule has 0 aliphatic rings. The first-order valence-corrected chi connectivity index (χ1v) is 5.43. The molecule has 0 spiro atoms. The summed E-state index contributed by atoms with van der Waals surface area (Å²) in [5.74, 6) is 0.395. The molecule has 5 nitrogen and oxygen atoms in total. The molecule has 17 heavy (non-hydrogen) atoms. The first-order chi connectivity index (χ1) is 8.16. The number of aromatic nitrogens is 3. The van der Waals surface area contributed by atoms with Gasteiger partial charge in [0.2, 0.25) is 5.82 Å². The fourth-order valence-corrected chi connectivity index (χ4v) is 1.46. The van der Waals surface area contributed by atoms with Crippen molar-refractivity contribution in [3.8, 4) is 0 Å². The van der Waals surface area contributed by atoms with Gasteiger partial charge in [-0.05, 0) is 23.6 Å². The van der Waals surface area contributed by atoms with Gasteiger partial charge in [0.1, 0.15) is 6.33 Å². The number of amides is 1. The minimum absolute atomic E-state index is 0.206. The van der Waals surface area contributed by atoms with Gasteiger partial charge < -0.3 is 5.32 Å². The van der Waals surface area contributed by atoms with E-state index in [-0.39, 0.29) is 11.7 Å². The number of nitrogens with one attached hydrogen (secondary N) is 2. The molecule has 0 aliphatic carbocycles. The Bertz CT molecular complexity index is 488. The number of H-pyrrole nitrogens is 1. The van der Waals surface area contributed by atoms with E-state index in [1.165, 1.54) is 11.9 Å². The van der Waals surface area contributed by atoms with Crippen LogP contribution in [0.15, 0.2) is 30.6 Å². The molecule has 2 aromatic rings. The van der Waals surface area contributed by atoms with Gasteiger partial charge in [-0.15, -0.1) is 0 Å². The smallest absolute Gasteiger partial charge is 0.292 e. The second kappa shape index (κ2) is 4.78. The van der Waals surface area contributed by atoms with Crippen LogP contribution in [-0.4, -0.2) is 21.1 Å². The maximum atomic E-state index is 11.6. The molecule has 0 saturated carbocycles. The first kappa shape index (κ1) is 11.3. The Balaban J connectivity index is 2.07. The Morgan fingerprint density at radius 1 is 1.29 bits per heavy atom. The van der Waals surface area contributed by atoms with Crippen molar-refractivity contribution in [1.82, 2.24) is 15.2 Å². The first-order valence-electron chi connectivity index (χ1n) is 5.43. The lowest BCUT2D eigenvalue weighted by Gasteiger charge is -2.07. The number of nitrogens with zero attached hydrogens (tertiary/aromatic N) is 2. The van der Waals surface area contributed by atoms with Crippen molar-refractivity contribution in [3.63, 3.8) is 0 Å². The molecule has 0 atom stereocenters. The molecule has 0 bridgehead atoms. The molecule has 0 saturated heterocycles. The predicted octanol–water partition coefficient (Wildman–Crippen LogP) is 2.18. The number of benzene rings is 1. The van der Waals surface area contributed by atoms with Crippen molar-refractivity contribution in [2.24, 2.45) is 0 Å². The third kappa shape index (κ3) is 2.69. The van der Waals surface area contributed by atoms with Crippen molar-refractivity contribution < 1.29 is 4.79 Å². The Morgan fingerprint density at radius 2 is 2.00 bits per heavy atom. The predicted molar refractivity (Wildman–Crippen MR) is 64.9 cm³/mol. The number of rotatable bonds is 3. The van der Waals surface area contributed by atoms with Crippen LogP contribution in [0.1, 0.15) is 35.9 Å². The van der Waals surface area contributed by atoms with E-state index in [4.69, 9.17) is 0 Å². The third-order valence-corrected chi connectivity index (χ3v) is 2.47. The van der Waals surface area contributed by atoms with Crippen LogP contribution in [0.2, 0.25) is 0 Å². The Kier molecular flexibility index (Phi) is 3.18. The third-order valence-electron chi connectivity index (χ3n) is 2.47. The van der Waals surface area contributed by atoms with E-state index in [2.05, 4.69) is 34.3 Å². The van der Waals surface area contributed by atoms with Gasteiger partial charge in [0.25, 0.3) is 5.91 Å². The average molecular weight is 230 g/mol. The van der Waals surface area contributed by atoms with Gasteiger partial charge >= 0.3 is 0 Å². The number of hydrogen-bond acceptors (Lipinski definition) is 3. The number of hydrogen-bond donors (Lipinski definition) is 2. The van der Waals surface area contributed by atoms with E-state index < -0.39 is 0 Å². The summed E-state index contributed by atoms with van der Waals surface area (Å²) in [4.78, 5) is 15.4. The van der Waals surface area contributed by atoms with Crippen LogP contribution < -0.4 is 5.32 Å².